The van der Waals surface area contributed by atoms with E-state index in [0.29, 0.717) is 0 Å². The average molecular weight is 243 g/mol. The third kappa shape index (κ3) is 2.65. The zero-order chi connectivity index (χ0) is 13.0. The van der Waals surface area contributed by atoms with Crippen molar-refractivity contribution in [3.8, 4) is 5.75 Å². The first-order valence-electron chi connectivity index (χ1n) is 6.50. The number of rotatable bonds is 5. The van der Waals surface area contributed by atoms with Crippen molar-refractivity contribution in [3.63, 3.8) is 0 Å². The van der Waals surface area contributed by atoms with Crippen molar-refractivity contribution in [1.82, 2.24) is 5.32 Å². The SMILES string of the molecule is CCC(C)(CNC)Oc1cccc2ccccc12. The van der Waals surface area contributed by atoms with Crippen molar-refractivity contribution < 1.29 is 4.74 Å². The topological polar surface area (TPSA) is 21.3 Å². The number of ether oxygens (including phenoxy) is 1. The number of hydrogen-bond donors (Lipinski definition) is 1. The van der Waals surface area contributed by atoms with E-state index < -0.39 is 0 Å². The molecule has 0 aliphatic heterocycles. The van der Waals surface area contributed by atoms with Gasteiger partial charge in [0.25, 0.3) is 0 Å². The highest BCUT2D eigenvalue weighted by Crippen LogP contribution is 2.29. The minimum Gasteiger partial charge on any atom is -0.486 e. The van der Waals surface area contributed by atoms with E-state index >= 15 is 0 Å². The maximum absolute atomic E-state index is 6.24. The highest BCUT2D eigenvalue weighted by atomic mass is 16.5. The Labute approximate surface area is 109 Å². The van der Waals surface area contributed by atoms with Crippen molar-refractivity contribution in [2.45, 2.75) is 25.9 Å². The molecule has 0 fully saturated rings. The van der Waals surface area contributed by atoms with E-state index in [1.165, 1.54) is 10.8 Å². The van der Waals surface area contributed by atoms with Crippen molar-refractivity contribution in [3.05, 3.63) is 42.5 Å². The molecular weight excluding hydrogens is 222 g/mol. The summed E-state index contributed by atoms with van der Waals surface area (Å²) >= 11 is 0. The second-order valence-corrected chi connectivity index (χ2v) is 4.91. The number of benzene rings is 2. The van der Waals surface area contributed by atoms with Crippen LogP contribution in [0.4, 0.5) is 0 Å². The zero-order valence-corrected chi connectivity index (χ0v) is 11.4. The molecule has 2 rings (SSSR count). The third-order valence-corrected chi connectivity index (χ3v) is 3.40. The Hall–Kier alpha value is -1.54. The molecule has 1 atom stereocenters. The fourth-order valence-corrected chi connectivity index (χ4v) is 2.16. The molecule has 1 N–H and O–H groups in total. The molecule has 1 unspecified atom stereocenters. The maximum Gasteiger partial charge on any atom is 0.128 e. The summed E-state index contributed by atoms with van der Waals surface area (Å²) in [5, 5.41) is 5.60. The second kappa shape index (κ2) is 5.40. The fraction of sp³-hybridized carbons (Fsp3) is 0.375. The van der Waals surface area contributed by atoms with Crippen LogP contribution in [0.1, 0.15) is 20.3 Å². The molecule has 0 aromatic heterocycles. The van der Waals surface area contributed by atoms with E-state index in [0.717, 1.165) is 18.7 Å². The van der Waals surface area contributed by atoms with Gasteiger partial charge in [-0.15, -0.1) is 0 Å². The van der Waals surface area contributed by atoms with Crippen LogP contribution < -0.4 is 10.1 Å². The first-order valence-corrected chi connectivity index (χ1v) is 6.50. The first kappa shape index (κ1) is 12.9. The molecule has 18 heavy (non-hydrogen) atoms. The van der Waals surface area contributed by atoms with Crippen molar-refractivity contribution >= 4 is 10.8 Å². The normalized spacial score (nSPS) is 14.4. The number of hydrogen-bond acceptors (Lipinski definition) is 2. The summed E-state index contributed by atoms with van der Waals surface area (Å²) in [5.41, 5.74) is -0.168. The van der Waals surface area contributed by atoms with Crippen LogP contribution in [0.3, 0.4) is 0 Å². The lowest BCUT2D eigenvalue weighted by Crippen LogP contribution is -2.41. The summed E-state index contributed by atoms with van der Waals surface area (Å²) in [7, 11) is 1.96. The van der Waals surface area contributed by atoms with Gasteiger partial charge in [0.1, 0.15) is 11.4 Å². The number of likely N-dealkylation sites (N-methyl/N-ethyl adjacent to an activating group) is 1. The summed E-state index contributed by atoms with van der Waals surface area (Å²) < 4.78 is 6.24. The Kier molecular flexibility index (Phi) is 3.87. The lowest BCUT2D eigenvalue weighted by molar-refractivity contribution is 0.0877. The van der Waals surface area contributed by atoms with E-state index in [1.54, 1.807) is 0 Å². The van der Waals surface area contributed by atoms with Crippen LogP contribution in [-0.4, -0.2) is 19.2 Å². The summed E-state index contributed by atoms with van der Waals surface area (Å²) in [4.78, 5) is 0. The van der Waals surface area contributed by atoms with Crippen molar-refractivity contribution in [2.75, 3.05) is 13.6 Å². The van der Waals surface area contributed by atoms with Gasteiger partial charge >= 0.3 is 0 Å². The lowest BCUT2D eigenvalue weighted by Gasteiger charge is -2.30. The summed E-state index contributed by atoms with van der Waals surface area (Å²) in [6.07, 6.45) is 0.969. The molecule has 96 valence electrons. The molecule has 2 heteroatoms. The molecule has 0 spiro atoms. The Balaban J connectivity index is 2.36. The molecule has 0 bridgehead atoms. The smallest absolute Gasteiger partial charge is 0.128 e. The number of nitrogens with one attached hydrogen (secondary N) is 1. The molecule has 0 amide bonds. The minimum absolute atomic E-state index is 0.168. The third-order valence-electron chi connectivity index (χ3n) is 3.40. The predicted molar refractivity (Wildman–Crippen MR) is 77.2 cm³/mol. The van der Waals surface area contributed by atoms with Crippen LogP contribution >= 0.6 is 0 Å². The van der Waals surface area contributed by atoms with Gasteiger partial charge in [-0.05, 0) is 31.8 Å². The Morgan fingerprint density at radius 3 is 2.56 bits per heavy atom. The molecule has 0 saturated heterocycles. The molecule has 0 aliphatic rings. The molecule has 2 aromatic rings. The molecule has 2 aromatic carbocycles. The predicted octanol–water partition coefficient (Wildman–Crippen LogP) is 3.61. The van der Waals surface area contributed by atoms with Gasteiger partial charge in [0, 0.05) is 11.9 Å². The standard InChI is InChI=1S/C16H21NO/c1-4-16(2,12-17-3)18-15-11-7-9-13-8-5-6-10-14(13)15/h5-11,17H,4,12H2,1-3H3. The molecule has 0 aliphatic carbocycles. The summed E-state index contributed by atoms with van der Waals surface area (Å²) in [6, 6.07) is 14.5. The Morgan fingerprint density at radius 2 is 1.83 bits per heavy atom. The van der Waals surface area contributed by atoms with E-state index in [4.69, 9.17) is 4.74 Å². The minimum atomic E-state index is -0.168. The van der Waals surface area contributed by atoms with Gasteiger partial charge in [0.2, 0.25) is 0 Å². The molecule has 0 radical (unpaired) electrons. The monoisotopic (exact) mass is 243 g/mol. The molecule has 2 nitrogen and oxygen atoms in total. The van der Waals surface area contributed by atoms with Crippen LogP contribution in [0, 0.1) is 0 Å². The van der Waals surface area contributed by atoms with Gasteiger partial charge in [-0.2, -0.15) is 0 Å². The van der Waals surface area contributed by atoms with Crippen molar-refractivity contribution in [1.29, 1.82) is 0 Å². The number of fused-ring (bicyclic) bond motifs is 1. The van der Waals surface area contributed by atoms with Crippen LogP contribution in [0.2, 0.25) is 0 Å². The Bertz CT molecular complexity index is 518. The van der Waals surface area contributed by atoms with Crippen molar-refractivity contribution in [2.24, 2.45) is 0 Å². The lowest BCUT2D eigenvalue weighted by atomic mass is 10.0. The van der Waals surface area contributed by atoms with E-state index in [-0.39, 0.29) is 5.60 Å². The summed E-state index contributed by atoms with van der Waals surface area (Å²) in [6.45, 7) is 5.14. The summed E-state index contributed by atoms with van der Waals surface area (Å²) in [5.74, 6) is 0.965. The van der Waals surface area contributed by atoms with Crippen LogP contribution in [0.15, 0.2) is 42.5 Å². The quantitative estimate of drug-likeness (QED) is 0.866. The maximum atomic E-state index is 6.24. The van der Waals surface area contributed by atoms with Crippen LogP contribution in [0.25, 0.3) is 10.8 Å². The molecule has 0 heterocycles. The van der Waals surface area contributed by atoms with E-state index in [1.807, 2.05) is 19.2 Å². The highest BCUT2D eigenvalue weighted by molar-refractivity contribution is 5.88. The molecular formula is C16H21NO. The fourth-order valence-electron chi connectivity index (χ4n) is 2.16. The van der Waals surface area contributed by atoms with Gasteiger partial charge in [-0.25, -0.2) is 0 Å². The van der Waals surface area contributed by atoms with Gasteiger partial charge in [0.05, 0.1) is 0 Å². The van der Waals surface area contributed by atoms with E-state index in [9.17, 15) is 0 Å². The average Bonchev–Trinajstić information content (AvgIpc) is 2.39. The van der Waals surface area contributed by atoms with Gasteiger partial charge < -0.3 is 10.1 Å². The highest BCUT2D eigenvalue weighted by Gasteiger charge is 2.23. The van der Waals surface area contributed by atoms with Gasteiger partial charge in [-0.3, -0.25) is 0 Å². The van der Waals surface area contributed by atoms with E-state index in [2.05, 4.69) is 49.5 Å². The van der Waals surface area contributed by atoms with Gasteiger partial charge in [0.15, 0.2) is 0 Å². The van der Waals surface area contributed by atoms with Crippen LogP contribution in [0.5, 0.6) is 5.75 Å². The van der Waals surface area contributed by atoms with Crippen LogP contribution in [-0.2, 0) is 0 Å². The Morgan fingerprint density at radius 1 is 1.11 bits per heavy atom. The first-order chi connectivity index (χ1) is 8.68. The molecule has 0 saturated carbocycles. The van der Waals surface area contributed by atoms with Gasteiger partial charge in [-0.1, -0.05) is 43.3 Å². The largest absolute Gasteiger partial charge is 0.486 e. The second-order valence-electron chi connectivity index (χ2n) is 4.91. The zero-order valence-electron chi connectivity index (χ0n) is 11.4.